The van der Waals surface area contributed by atoms with Gasteiger partial charge in [-0.1, -0.05) is 28.1 Å². The van der Waals surface area contributed by atoms with Crippen LogP contribution in [0, 0.1) is 5.92 Å². The number of anilines is 1. The highest BCUT2D eigenvalue weighted by molar-refractivity contribution is 9.10. The highest BCUT2D eigenvalue weighted by Gasteiger charge is 2.40. The molecular formula is C22H22BrNO5. The van der Waals surface area contributed by atoms with Crippen LogP contribution in [0.2, 0.25) is 0 Å². The van der Waals surface area contributed by atoms with E-state index >= 15 is 0 Å². The number of carboxylic acid groups (broad SMARTS) is 1. The van der Waals surface area contributed by atoms with Gasteiger partial charge in [-0.2, -0.15) is 0 Å². The fourth-order valence-electron chi connectivity index (χ4n) is 4.44. The predicted octanol–water partition coefficient (Wildman–Crippen LogP) is 5.00. The Bertz CT molecular complexity index is 978. The summed E-state index contributed by atoms with van der Waals surface area (Å²) >= 11 is 3.46. The van der Waals surface area contributed by atoms with Crippen molar-refractivity contribution in [1.82, 2.24) is 0 Å². The number of aromatic carboxylic acids is 1. The Hall–Kier alpha value is -2.67. The number of nitrogens with one attached hydrogen (secondary N) is 1. The van der Waals surface area contributed by atoms with Crippen LogP contribution < -0.4 is 19.5 Å². The summed E-state index contributed by atoms with van der Waals surface area (Å²) in [4.78, 5) is 11.9. The number of benzene rings is 2. The zero-order chi connectivity index (χ0) is 20.7. The van der Waals surface area contributed by atoms with E-state index in [4.69, 9.17) is 14.2 Å². The first-order valence-corrected chi connectivity index (χ1v) is 10.1. The molecule has 1 aliphatic heterocycles. The molecule has 2 aliphatic rings. The summed E-state index contributed by atoms with van der Waals surface area (Å²) < 4.78 is 17.2. The average molecular weight is 460 g/mol. The van der Waals surface area contributed by atoms with E-state index in [9.17, 15) is 9.90 Å². The lowest BCUT2D eigenvalue weighted by molar-refractivity contribution is 0.0697. The number of ether oxygens (including phenoxy) is 3. The van der Waals surface area contributed by atoms with Crippen molar-refractivity contribution >= 4 is 27.6 Å². The molecule has 0 fully saturated rings. The summed E-state index contributed by atoms with van der Waals surface area (Å²) in [7, 11) is 4.75. The lowest BCUT2D eigenvalue weighted by Crippen LogP contribution is -2.30. The molecule has 2 aromatic rings. The molecule has 3 atom stereocenters. The second kappa shape index (κ2) is 7.63. The minimum atomic E-state index is -0.959. The topological polar surface area (TPSA) is 77.0 Å². The molecular weight excluding hydrogens is 438 g/mol. The number of carbonyl (C=O) groups is 1. The van der Waals surface area contributed by atoms with E-state index < -0.39 is 5.97 Å². The molecule has 0 aromatic heterocycles. The van der Waals surface area contributed by atoms with Gasteiger partial charge in [0.25, 0.3) is 0 Å². The number of fused-ring (bicyclic) bond motifs is 3. The quantitative estimate of drug-likeness (QED) is 0.612. The van der Waals surface area contributed by atoms with Gasteiger partial charge in [0.2, 0.25) is 5.75 Å². The van der Waals surface area contributed by atoms with E-state index in [1.54, 1.807) is 27.4 Å². The maximum Gasteiger partial charge on any atom is 0.337 e. The molecule has 6 nitrogen and oxygen atoms in total. The van der Waals surface area contributed by atoms with Crippen LogP contribution in [-0.2, 0) is 0 Å². The van der Waals surface area contributed by atoms with Gasteiger partial charge >= 0.3 is 5.97 Å². The lowest BCUT2D eigenvalue weighted by atomic mass is 9.76. The predicted molar refractivity (Wildman–Crippen MR) is 114 cm³/mol. The van der Waals surface area contributed by atoms with Crippen LogP contribution in [0.5, 0.6) is 17.2 Å². The van der Waals surface area contributed by atoms with Crippen LogP contribution in [0.15, 0.2) is 40.9 Å². The second-order valence-corrected chi connectivity index (χ2v) is 8.07. The monoisotopic (exact) mass is 459 g/mol. The van der Waals surface area contributed by atoms with Crippen molar-refractivity contribution in [2.75, 3.05) is 26.6 Å². The van der Waals surface area contributed by atoms with E-state index in [2.05, 4.69) is 33.4 Å². The lowest BCUT2D eigenvalue weighted by Gasteiger charge is -2.38. The number of rotatable bonds is 5. The first-order valence-electron chi connectivity index (χ1n) is 9.28. The van der Waals surface area contributed by atoms with Gasteiger partial charge in [-0.3, -0.25) is 0 Å². The van der Waals surface area contributed by atoms with Gasteiger partial charge in [0.15, 0.2) is 11.5 Å². The molecule has 152 valence electrons. The minimum Gasteiger partial charge on any atom is -0.493 e. The number of hydrogen-bond acceptors (Lipinski definition) is 5. The molecule has 1 aliphatic carbocycles. The van der Waals surface area contributed by atoms with Gasteiger partial charge < -0.3 is 24.6 Å². The second-order valence-electron chi connectivity index (χ2n) is 7.16. The summed E-state index contributed by atoms with van der Waals surface area (Å²) in [6.45, 7) is 0. The standard InChI is InChI=1S/C22H22BrNO5/c1-27-17-7-11(8-18(28-2)21(17)29-3)19-14-6-4-5-13(14)15-9-12(23)10-16(22(25)26)20(15)24-19/h4-5,7-10,13-14,19,24H,6H2,1-3H3,(H,25,26)/t13-,14+,19+/m1/s1. The molecule has 1 heterocycles. The Morgan fingerprint density at radius 3 is 2.38 bits per heavy atom. The molecule has 0 unspecified atom stereocenters. The number of carboxylic acids is 1. The van der Waals surface area contributed by atoms with Gasteiger partial charge in [-0.15, -0.1) is 0 Å². The van der Waals surface area contributed by atoms with Crippen LogP contribution in [0.25, 0.3) is 0 Å². The molecule has 0 bridgehead atoms. The molecule has 2 aromatic carbocycles. The van der Waals surface area contributed by atoms with E-state index in [0.717, 1.165) is 22.0 Å². The molecule has 0 saturated heterocycles. The van der Waals surface area contributed by atoms with Crippen LogP contribution in [0.4, 0.5) is 5.69 Å². The largest absolute Gasteiger partial charge is 0.493 e. The van der Waals surface area contributed by atoms with Gasteiger partial charge in [0, 0.05) is 10.4 Å². The fourth-order valence-corrected chi connectivity index (χ4v) is 4.92. The molecule has 0 saturated carbocycles. The minimum absolute atomic E-state index is 0.101. The van der Waals surface area contributed by atoms with Crippen molar-refractivity contribution in [3.63, 3.8) is 0 Å². The summed E-state index contributed by atoms with van der Waals surface area (Å²) in [5.74, 6) is 1.11. The first-order chi connectivity index (χ1) is 14.0. The van der Waals surface area contributed by atoms with Crippen molar-refractivity contribution < 1.29 is 24.1 Å². The molecule has 0 spiro atoms. The Morgan fingerprint density at radius 2 is 1.79 bits per heavy atom. The molecule has 7 heteroatoms. The number of allylic oxidation sites excluding steroid dienone is 2. The maximum atomic E-state index is 11.9. The summed E-state index contributed by atoms with van der Waals surface area (Å²) in [6.07, 6.45) is 5.24. The Labute approximate surface area is 177 Å². The van der Waals surface area contributed by atoms with Crippen LogP contribution in [0.1, 0.15) is 39.9 Å². The fraction of sp³-hybridized carbons (Fsp3) is 0.318. The summed E-state index contributed by atoms with van der Waals surface area (Å²) in [5, 5.41) is 13.3. The van der Waals surface area contributed by atoms with Crippen LogP contribution in [-0.4, -0.2) is 32.4 Å². The number of hydrogen-bond donors (Lipinski definition) is 2. The molecule has 0 radical (unpaired) electrons. The van der Waals surface area contributed by atoms with Crippen LogP contribution in [0.3, 0.4) is 0 Å². The molecule has 4 rings (SSSR count). The SMILES string of the molecule is COc1cc([C@@H]2Nc3c(C(=O)O)cc(Br)cc3[C@@H]3C=CC[C@@H]32)cc(OC)c1OC. The van der Waals surface area contributed by atoms with Crippen molar-refractivity contribution in [3.8, 4) is 17.2 Å². The third-order valence-electron chi connectivity index (χ3n) is 5.71. The van der Waals surface area contributed by atoms with Crippen molar-refractivity contribution in [2.45, 2.75) is 18.4 Å². The number of halogens is 1. The zero-order valence-corrected chi connectivity index (χ0v) is 17.9. The molecule has 29 heavy (non-hydrogen) atoms. The molecule has 2 N–H and O–H groups in total. The van der Waals surface area contributed by atoms with Crippen molar-refractivity contribution in [1.29, 1.82) is 0 Å². The number of methoxy groups -OCH3 is 3. The van der Waals surface area contributed by atoms with E-state index in [0.29, 0.717) is 22.9 Å². The van der Waals surface area contributed by atoms with E-state index in [-0.39, 0.29) is 23.4 Å². The van der Waals surface area contributed by atoms with Gasteiger partial charge in [-0.05, 0) is 47.7 Å². The normalized spacial score (nSPS) is 21.7. The van der Waals surface area contributed by atoms with Gasteiger partial charge in [0.1, 0.15) is 0 Å². The third kappa shape index (κ3) is 3.23. The summed E-state index contributed by atoms with van der Waals surface area (Å²) in [5.41, 5.74) is 2.88. The summed E-state index contributed by atoms with van der Waals surface area (Å²) in [6, 6.07) is 7.40. The van der Waals surface area contributed by atoms with E-state index in [1.165, 1.54) is 0 Å². The third-order valence-corrected chi connectivity index (χ3v) is 6.17. The van der Waals surface area contributed by atoms with Crippen LogP contribution >= 0.6 is 15.9 Å². The molecule has 0 amide bonds. The Balaban J connectivity index is 1.87. The Kier molecular flexibility index (Phi) is 5.17. The first kappa shape index (κ1) is 19.6. The Morgan fingerprint density at radius 1 is 1.10 bits per heavy atom. The van der Waals surface area contributed by atoms with Gasteiger partial charge in [0.05, 0.1) is 38.6 Å². The van der Waals surface area contributed by atoms with Crippen molar-refractivity contribution in [3.05, 3.63) is 57.6 Å². The van der Waals surface area contributed by atoms with Crippen molar-refractivity contribution in [2.24, 2.45) is 5.92 Å². The highest BCUT2D eigenvalue weighted by atomic mass is 79.9. The smallest absolute Gasteiger partial charge is 0.337 e. The average Bonchev–Trinajstić information content (AvgIpc) is 3.21. The maximum absolute atomic E-state index is 11.9. The van der Waals surface area contributed by atoms with E-state index in [1.807, 2.05) is 18.2 Å². The highest BCUT2D eigenvalue weighted by Crippen LogP contribution is 2.53. The zero-order valence-electron chi connectivity index (χ0n) is 16.4. The van der Waals surface area contributed by atoms with Gasteiger partial charge in [-0.25, -0.2) is 4.79 Å².